The number of benzene rings is 2. The molecule has 0 saturated heterocycles. The van der Waals surface area contributed by atoms with Crippen molar-refractivity contribution in [3.63, 3.8) is 0 Å². The predicted molar refractivity (Wildman–Crippen MR) is 108 cm³/mol. The van der Waals surface area contributed by atoms with Crippen LogP contribution in [0, 0.1) is 0 Å². The second-order valence-electron chi connectivity index (χ2n) is 7.46. The summed E-state index contributed by atoms with van der Waals surface area (Å²) in [7, 11) is 0. The molecule has 0 bridgehead atoms. The van der Waals surface area contributed by atoms with Gasteiger partial charge in [-0.3, -0.25) is 0 Å². The Morgan fingerprint density at radius 1 is 0.526 bits per heavy atom. The van der Waals surface area contributed by atoms with E-state index in [0.717, 1.165) is 12.2 Å². The van der Waals surface area contributed by atoms with Gasteiger partial charge in [0.05, 0.1) is 0 Å². The molecular weight excluding hydrogens is 552 g/mol. The molecular formula is C23H14F12O3. The molecule has 3 nitrogen and oxygen atoms in total. The first-order valence-electron chi connectivity index (χ1n) is 9.82. The predicted octanol–water partition coefficient (Wildman–Crippen LogP) is 8.47. The van der Waals surface area contributed by atoms with Gasteiger partial charge in [-0.05, 0) is 11.1 Å². The lowest BCUT2D eigenvalue weighted by molar-refractivity contribution is -0.397. The molecule has 0 atom stereocenters. The van der Waals surface area contributed by atoms with Crippen LogP contribution in [0.5, 0.6) is 0 Å². The molecule has 15 heteroatoms. The summed E-state index contributed by atoms with van der Waals surface area (Å²) in [5.41, 5.74) is -15.3. The SMILES string of the molecule is C=Cc1ccc(C(OC(=O)OC(c2ccc(C=C)cc2)(C(F)(F)F)C(F)(F)F)(C(F)(F)F)C(F)(F)F)cc1. The Morgan fingerprint density at radius 3 is 0.947 bits per heavy atom. The largest absolute Gasteiger partial charge is 0.511 e. The first-order chi connectivity index (χ1) is 17.2. The van der Waals surface area contributed by atoms with E-state index in [1.165, 1.54) is 0 Å². The van der Waals surface area contributed by atoms with Crippen molar-refractivity contribution in [3.8, 4) is 0 Å². The van der Waals surface area contributed by atoms with Gasteiger partial charge in [0, 0.05) is 11.1 Å². The van der Waals surface area contributed by atoms with Gasteiger partial charge in [0.1, 0.15) is 0 Å². The van der Waals surface area contributed by atoms with E-state index >= 15 is 0 Å². The van der Waals surface area contributed by atoms with Gasteiger partial charge < -0.3 is 9.47 Å². The standard InChI is InChI=1S/C23H14F12O3/c1-3-13-5-9-15(10-6-13)18(20(24,25)26,21(27,28)29)37-17(36)38-19(22(30,31)32,23(33,34)35)16-11-7-14(4-2)8-12-16/h3-12H,1-2H2. The molecule has 0 aromatic heterocycles. The zero-order valence-corrected chi connectivity index (χ0v) is 18.4. The summed E-state index contributed by atoms with van der Waals surface area (Å²) in [6.45, 7) is 6.45. The van der Waals surface area contributed by atoms with E-state index in [9.17, 15) is 57.5 Å². The zero-order chi connectivity index (χ0) is 29.4. The molecule has 0 aliphatic rings. The summed E-state index contributed by atoms with van der Waals surface area (Å²) in [5, 5.41) is 0. The average molecular weight is 566 g/mol. The lowest BCUT2D eigenvalue weighted by atomic mass is 9.90. The third-order valence-corrected chi connectivity index (χ3v) is 5.18. The van der Waals surface area contributed by atoms with E-state index in [1.807, 2.05) is 0 Å². The van der Waals surface area contributed by atoms with Gasteiger partial charge in [-0.15, -0.1) is 0 Å². The Morgan fingerprint density at radius 2 is 0.763 bits per heavy atom. The molecule has 208 valence electrons. The number of rotatable bonds is 6. The molecule has 2 aromatic carbocycles. The Labute approximate surface area is 205 Å². The Bertz CT molecular complexity index is 1040. The first-order valence-corrected chi connectivity index (χ1v) is 9.82. The van der Waals surface area contributed by atoms with Crippen molar-refractivity contribution in [2.75, 3.05) is 0 Å². The van der Waals surface area contributed by atoms with Gasteiger partial charge in [0.25, 0.3) is 0 Å². The molecule has 0 saturated carbocycles. The minimum atomic E-state index is -6.63. The molecule has 0 radical (unpaired) electrons. The Hall–Kier alpha value is -3.65. The van der Waals surface area contributed by atoms with Crippen LogP contribution in [0.2, 0.25) is 0 Å². The monoisotopic (exact) mass is 566 g/mol. The fraction of sp³-hybridized carbons (Fsp3) is 0.261. The van der Waals surface area contributed by atoms with Crippen LogP contribution in [0.15, 0.2) is 61.7 Å². The van der Waals surface area contributed by atoms with Crippen molar-refractivity contribution in [2.24, 2.45) is 0 Å². The summed E-state index contributed by atoms with van der Waals surface area (Å²) < 4.78 is 173. The molecule has 0 fully saturated rings. The molecule has 0 unspecified atom stereocenters. The van der Waals surface area contributed by atoms with Crippen molar-refractivity contribution >= 4 is 18.3 Å². The van der Waals surface area contributed by atoms with E-state index in [0.29, 0.717) is 24.3 Å². The number of hydrogen-bond donors (Lipinski definition) is 0. The fourth-order valence-corrected chi connectivity index (χ4v) is 3.30. The molecule has 38 heavy (non-hydrogen) atoms. The summed E-state index contributed by atoms with van der Waals surface area (Å²) in [5.74, 6) is 0. The van der Waals surface area contributed by atoms with Gasteiger partial charge in [0.15, 0.2) is 0 Å². The number of carbonyl (C=O) groups excluding carboxylic acids is 1. The van der Waals surface area contributed by atoms with Crippen LogP contribution < -0.4 is 0 Å². The van der Waals surface area contributed by atoms with Gasteiger partial charge in [-0.2, -0.15) is 52.7 Å². The van der Waals surface area contributed by atoms with Crippen molar-refractivity contribution in [2.45, 2.75) is 35.9 Å². The smallest absolute Gasteiger partial charge is 0.403 e. The highest BCUT2D eigenvalue weighted by atomic mass is 19.4. The summed E-state index contributed by atoms with van der Waals surface area (Å²) in [6.07, 6.45) is -28.1. The quantitative estimate of drug-likeness (QED) is 0.260. The fourth-order valence-electron chi connectivity index (χ4n) is 3.30. The highest BCUT2D eigenvalue weighted by Gasteiger charge is 2.78. The number of carbonyl (C=O) groups is 1. The second kappa shape index (κ2) is 9.91. The zero-order valence-electron chi connectivity index (χ0n) is 18.4. The van der Waals surface area contributed by atoms with E-state index < -0.39 is 53.2 Å². The second-order valence-corrected chi connectivity index (χ2v) is 7.46. The maximum absolute atomic E-state index is 13.9. The molecule has 0 spiro atoms. The van der Waals surface area contributed by atoms with Crippen molar-refractivity contribution in [1.29, 1.82) is 0 Å². The summed E-state index contributed by atoms with van der Waals surface area (Å²) >= 11 is 0. The molecule has 0 heterocycles. The number of ether oxygens (including phenoxy) is 2. The van der Waals surface area contributed by atoms with Gasteiger partial charge in [0.2, 0.25) is 0 Å². The molecule has 0 amide bonds. The summed E-state index contributed by atoms with van der Waals surface area (Å²) in [6, 6.07) is 3.22. The highest BCUT2D eigenvalue weighted by molar-refractivity contribution is 5.63. The number of halogens is 12. The van der Waals surface area contributed by atoms with E-state index in [1.54, 1.807) is 0 Å². The third kappa shape index (κ3) is 5.18. The molecule has 0 aliphatic carbocycles. The van der Waals surface area contributed by atoms with Crippen molar-refractivity contribution in [1.82, 2.24) is 0 Å². The molecule has 0 N–H and O–H groups in total. The van der Waals surface area contributed by atoms with Crippen LogP contribution in [0.25, 0.3) is 12.2 Å². The molecule has 2 rings (SSSR count). The lowest BCUT2D eigenvalue weighted by Crippen LogP contribution is -2.60. The maximum atomic E-state index is 13.9. The van der Waals surface area contributed by atoms with Gasteiger partial charge >= 0.3 is 42.1 Å². The molecule has 0 aliphatic heterocycles. The van der Waals surface area contributed by atoms with Crippen LogP contribution in [-0.2, 0) is 20.7 Å². The van der Waals surface area contributed by atoms with E-state index in [4.69, 9.17) is 0 Å². The summed E-state index contributed by atoms with van der Waals surface area (Å²) in [4.78, 5) is 12.2. The van der Waals surface area contributed by atoms with E-state index in [-0.39, 0.29) is 35.4 Å². The Balaban J connectivity index is 2.77. The normalized spacial score (nSPS) is 13.6. The lowest BCUT2D eigenvalue weighted by Gasteiger charge is -2.39. The average Bonchev–Trinajstić information content (AvgIpc) is 2.78. The van der Waals surface area contributed by atoms with Crippen LogP contribution in [0.3, 0.4) is 0 Å². The van der Waals surface area contributed by atoms with Crippen LogP contribution in [0.1, 0.15) is 22.3 Å². The minimum absolute atomic E-state index is 0.0225. The molecule has 2 aromatic rings. The van der Waals surface area contributed by atoms with E-state index in [2.05, 4.69) is 22.6 Å². The minimum Gasteiger partial charge on any atom is -0.403 e. The van der Waals surface area contributed by atoms with Gasteiger partial charge in [-0.1, -0.05) is 73.8 Å². The Kier molecular flexibility index (Phi) is 7.97. The number of alkyl halides is 12. The highest BCUT2D eigenvalue weighted by Crippen LogP contribution is 2.56. The first kappa shape index (κ1) is 30.6. The maximum Gasteiger partial charge on any atom is 0.511 e. The van der Waals surface area contributed by atoms with Crippen molar-refractivity contribution < 1.29 is 67.0 Å². The van der Waals surface area contributed by atoms with Crippen LogP contribution in [0.4, 0.5) is 57.5 Å². The van der Waals surface area contributed by atoms with Crippen molar-refractivity contribution in [3.05, 3.63) is 83.9 Å². The number of hydrogen-bond acceptors (Lipinski definition) is 3. The van der Waals surface area contributed by atoms with Crippen LogP contribution >= 0.6 is 0 Å². The van der Waals surface area contributed by atoms with Gasteiger partial charge in [-0.25, -0.2) is 4.79 Å². The van der Waals surface area contributed by atoms with Crippen LogP contribution in [-0.4, -0.2) is 30.9 Å². The topological polar surface area (TPSA) is 35.5 Å². The third-order valence-electron chi connectivity index (χ3n) is 5.18.